The average molecular weight is 559 g/mol. The van der Waals surface area contributed by atoms with Gasteiger partial charge in [-0.2, -0.15) is 0 Å². The van der Waals surface area contributed by atoms with Crippen molar-refractivity contribution in [2.75, 3.05) is 71.4 Å². The van der Waals surface area contributed by atoms with Crippen LogP contribution in [0.4, 0.5) is 15.3 Å². The molecule has 4 aliphatic rings. The van der Waals surface area contributed by atoms with E-state index < -0.39 is 0 Å². The highest BCUT2D eigenvalue weighted by Crippen LogP contribution is 2.33. The number of carbonyl (C=O) groups excluding carboxylic acids is 2. The van der Waals surface area contributed by atoms with E-state index in [1.807, 2.05) is 9.80 Å². The van der Waals surface area contributed by atoms with Gasteiger partial charge in [-0.1, -0.05) is 12.2 Å². The third-order valence-electron chi connectivity index (χ3n) is 9.06. The van der Waals surface area contributed by atoms with Gasteiger partial charge in [0.05, 0.1) is 11.2 Å². The average Bonchev–Trinajstić information content (AvgIpc) is 3.56. The number of hydrogen-bond donors (Lipinski definition) is 1. The Labute approximate surface area is 242 Å². The second-order valence-electron chi connectivity index (χ2n) is 11.9. The van der Waals surface area contributed by atoms with Gasteiger partial charge in [0.25, 0.3) is 0 Å². The third kappa shape index (κ3) is 6.02. The molecule has 4 amide bonds. The molecule has 3 fully saturated rings. The Balaban J connectivity index is 1.03. The van der Waals surface area contributed by atoms with Crippen molar-refractivity contribution in [1.29, 1.82) is 0 Å². The zero-order valence-electron chi connectivity index (χ0n) is 24.3. The monoisotopic (exact) mass is 558 g/mol. The van der Waals surface area contributed by atoms with Crippen LogP contribution in [0.15, 0.2) is 48.5 Å². The number of nitrogens with one attached hydrogen (secondary N) is 1. The van der Waals surface area contributed by atoms with Crippen LogP contribution in [-0.2, 0) is 0 Å². The summed E-state index contributed by atoms with van der Waals surface area (Å²) in [5, 5.41) is 4.21. The number of piperidine rings is 1. The largest absolute Gasteiger partial charge is 0.368 e. The van der Waals surface area contributed by atoms with E-state index in [4.69, 9.17) is 4.98 Å². The molecule has 0 radical (unpaired) electrons. The molecule has 2 aromatic rings. The summed E-state index contributed by atoms with van der Waals surface area (Å²) >= 11 is 0. The first-order valence-electron chi connectivity index (χ1n) is 15.1. The normalized spacial score (nSPS) is 22.2. The van der Waals surface area contributed by atoms with Crippen LogP contribution in [0.3, 0.4) is 0 Å². The number of piperazine rings is 1. The Kier molecular flexibility index (Phi) is 8.09. The van der Waals surface area contributed by atoms with Crippen molar-refractivity contribution in [3.8, 4) is 0 Å². The van der Waals surface area contributed by atoms with Crippen LogP contribution in [0, 0.1) is 0 Å². The standard InChI is InChI=1S/C31H42N8O2/c1-35(2)31(41)39-19-17-37(18-20-39)26-9-10-27-28(21-26)32-22-33-29(27)23-11-15-38(16-12-23)30(40)34-24-5-7-25(8-6-24)36-13-3-4-14-36/h5-7,9-10,21-23,25H,3-4,8,11-20H2,1-2H3,(H,34,40). The number of carbonyl (C=O) groups is 2. The molecule has 3 saturated heterocycles. The van der Waals surface area contributed by atoms with Gasteiger partial charge in [-0.25, -0.2) is 19.6 Å². The van der Waals surface area contributed by atoms with Gasteiger partial charge in [0.15, 0.2) is 0 Å². The lowest BCUT2D eigenvalue weighted by Crippen LogP contribution is -2.51. The van der Waals surface area contributed by atoms with Gasteiger partial charge in [-0.15, -0.1) is 0 Å². The zero-order valence-corrected chi connectivity index (χ0v) is 24.3. The lowest BCUT2D eigenvalue weighted by atomic mass is 9.91. The maximum absolute atomic E-state index is 13.0. The van der Waals surface area contributed by atoms with Crippen molar-refractivity contribution >= 4 is 28.7 Å². The molecule has 1 unspecified atom stereocenters. The molecule has 10 heteroatoms. The molecule has 1 aliphatic carbocycles. The van der Waals surface area contributed by atoms with Crippen molar-refractivity contribution < 1.29 is 9.59 Å². The second-order valence-corrected chi connectivity index (χ2v) is 11.9. The number of allylic oxidation sites excluding steroid dienone is 1. The fraction of sp³-hybridized carbons (Fsp3) is 0.548. The summed E-state index contributed by atoms with van der Waals surface area (Å²) in [6.07, 6.45) is 13.5. The number of urea groups is 2. The third-order valence-corrected chi connectivity index (χ3v) is 9.06. The summed E-state index contributed by atoms with van der Waals surface area (Å²) < 4.78 is 0. The van der Waals surface area contributed by atoms with Crippen molar-refractivity contribution in [1.82, 2.24) is 34.9 Å². The molecule has 0 bridgehead atoms. The number of benzene rings is 1. The SMILES string of the molecule is CN(C)C(=O)N1CCN(c2ccc3c(C4CCN(C(=O)NC5=CCC(N6CCCC6)C=C5)CC4)ncnc3c2)CC1. The number of hydrogen-bond acceptors (Lipinski definition) is 6. The van der Waals surface area contributed by atoms with E-state index in [2.05, 4.69) is 56.5 Å². The van der Waals surface area contributed by atoms with E-state index in [9.17, 15) is 9.59 Å². The van der Waals surface area contributed by atoms with Gasteiger partial charge in [0.1, 0.15) is 6.33 Å². The topological polar surface area (TPSA) is 88.2 Å². The highest BCUT2D eigenvalue weighted by Gasteiger charge is 2.28. The molecular weight excluding hydrogens is 516 g/mol. The molecule has 1 aromatic heterocycles. The molecule has 1 atom stereocenters. The maximum Gasteiger partial charge on any atom is 0.321 e. The van der Waals surface area contributed by atoms with Crippen LogP contribution in [0.5, 0.6) is 0 Å². The van der Waals surface area contributed by atoms with Crippen LogP contribution < -0.4 is 10.2 Å². The maximum atomic E-state index is 13.0. The Bertz CT molecular complexity index is 1320. The number of nitrogens with zero attached hydrogens (tertiary/aromatic N) is 7. The molecule has 6 rings (SSSR count). The fourth-order valence-electron chi connectivity index (χ4n) is 6.63. The molecule has 1 N–H and O–H groups in total. The van der Waals surface area contributed by atoms with E-state index in [-0.39, 0.29) is 12.1 Å². The first-order chi connectivity index (χ1) is 20.0. The quantitative estimate of drug-likeness (QED) is 0.617. The van der Waals surface area contributed by atoms with E-state index in [1.165, 1.54) is 25.9 Å². The summed E-state index contributed by atoms with van der Waals surface area (Å²) in [6.45, 7) is 6.81. The lowest BCUT2D eigenvalue weighted by molar-refractivity contribution is 0.168. The summed E-state index contributed by atoms with van der Waals surface area (Å²) in [6, 6.07) is 6.97. The van der Waals surface area contributed by atoms with Crippen molar-refractivity contribution in [2.24, 2.45) is 0 Å². The number of amides is 4. The van der Waals surface area contributed by atoms with Crippen LogP contribution in [0.2, 0.25) is 0 Å². The molecular formula is C31H42N8O2. The predicted molar refractivity (Wildman–Crippen MR) is 161 cm³/mol. The number of rotatable bonds is 4. The highest BCUT2D eigenvalue weighted by molar-refractivity contribution is 5.85. The number of fused-ring (bicyclic) bond motifs is 1. The van der Waals surface area contributed by atoms with E-state index in [0.717, 1.165) is 60.3 Å². The lowest BCUT2D eigenvalue weighted by Gasteiger charge is -2.37. The van der Waals surface area contributed by atoms with E-state index in [1.54, 1.807) is 25.3 Å². The van der Waals surface area contributed by atoms with Crippen molar-refractivity contribution in [3.63, 3.8) is 0 Å². The van der Waals surface area contributed by atoms with E-state index >= 15 is 0 Å². The number of anilines is 1. The fourth-order valence-corrected chi connectivity index (χ4v) is 6.63. The predicted octanol–water partition coefficient (Wildman–Crippen LogP) is 3.63. The minimum Gasteiger partial charge on any atom is -0.368 e. The van der Waals surface area contributed by atoms with Gasteiger partial charge in [-0.3, -0.25) is 4.90 Å². The summed E-state index contributed by atoms with van der Waals surface area (Å²) in [5.74, 6) is 0.297. The Morgan fingerprint density at radius 2 is 1.68 bits per heavy atom. The molecule has 0 saturated carbocycles. The first kappa shape index (κ1) is 27.5. The molecule has 41 heavy (non-hydrogen) atoms. The molecule has 10 nitrogen and oxygen atoms in total. The van der Waals surface area contributed by atoms with Gasteiger partial charge in [0.2, 0.25) is 0 Å². The smallest absolute Gasteiger partial charge is 0.321 e. The van der Waals surface area contributed by atoms with Crippen molar-refractivity contribution in [2.45, 2.75) is 44.1 Å². The van der Waals surface area contributed by atoms with Crippen LogP contribution >= 0.6 is 0 Å². The molecule has 3 aliphatic heterocycles. The number of likely N-dealkylation sites (tertiary alicyclic amines) is 2. The highest BCUT2D eigenvalue weighted by atomic mass is 16.2. The van der Waals surface area contributed by atoms with E-state index in [0.29, 0.717) is 38.1 Å². The van der Waals surface area contributed by atoms with Crippen LogP contribution in [-0.4, -0.2) is 114 Å². The minimum atomic E-state index is -0.0106. The number of aromatic nitrogens is 2. The van der Waals surface area contributed by atoms with Gasteiger partial charge in [-0.05, 0) is 69.5 Å². The summed E-state index contributed by atoms with van der Waals surface area (Å²) in [7, 11) is 3.59. The molecule has 1 aromatic carbocycles. The molecule has 4 heterocycles. The molecule has 218 valence electrons. The second kappa shape index (κ2) is 12.1. The summed E-state index contributed by atoms with van der Waals surface area (Å²) in [5.41, 5.74) is 4.07. The Morgan fingerprint density at radius 3 is 2.37 bits per heavy atom. The molecule has 0 spiro atoms. The Morgan fingerprint density at radius 1 is 0.927 bits per heavy atom. The van der Waals surface area contributed by atoms with Crippen LogP contribution in [0.25, 0.3) is 10.9 Å². The summed E-state index contributed by atoms with van der Waals surface area (Å²) in [4.78, 5) is 44.9. The van der Waals surface area contributed by atoms with Gasteiger partial charge >= 0.3 is 12.1 Å². The zero-order chi connectivity index (χ0) is 28.3. The van der Waals surface area contributed by atoms with Crippen molar-refractivity contribution in [3.05, 3.63) is 54.1 Å². The van der Waals surface area contributed by atoms with Gasteiger partial charge < -0.3 is 24.9 Å². The first-order valence-corrected chi connectivity index (χ1v) is 15.1. The minimum absolute atomic E-state index is 0.0106. The van der Waals surface area contributed by atoms with Crippen LogP contribution in [0.1, 0.15) is 43.7 Å². The van der Waals surface area contributed by atoms with Gasteiger partial charge in [0, 0.05) is 82.1 Å². The Hall–Kier alpha value is -3.66.